The first kappa shape index (κ1) is 16.6. The van der Waals surface area contributed by atoms with Crippen LogP contribution in [0.2, 0.25) is 0 Å². The second-order valence-electron chi connectivity index (χ2n) is 5.45. The third-order valence-electron chi connectivity index (χ3n) is 3.68. The molecule has 6 heteroatoms. The zero-order valence-corrected chi connectivity index (χ0v) is 13.6. The highest BCUT2D eigenvalue weighted by Crippen LogP contribution is 2.35. The number of rotatable bonds is 5. The molecule has 2 aromatic carbocycles. The van der Waals surface area contributed by atoms with Crippen LogP contribution in [0.5, 0.6) is 17.2 Å². The van der Waals surface area contributed by atoms with Gasteiger partial charge in [0, 0.05) is 6.07 Å². The van der Waals surface area contributed by atoms with E-state index in [2.05, 4.69) is 0 Å². The predicted octanol–water partition coefficient (Wildman–Crippen LogP) is 1.83. The quantitative estimate of drug-likeness (QED) is 0.773. The van der Waals surface area contributed by atoms with E-state index in [1.807, 2.05) is 12.1 Å². The number of benzene rings is 2. The predicted molar refractivity (Wildman–Crippen MR) is 87.5 cm³/mol. The molecule has 0 fully saturated rings. The number of ketones is 1. The summed E-state index contributed by atoms with van der Waals surface area (Å²) >= 11 is 0. The van der Waals surface area contributed by atoms with Gasteiger partial charge in [-0.2, -0.15) is 0 Å². The van der Waals surface area contributed by atoms with Gasteiger partial charge in [0.05, 0.1) is 18.6 Å². The largest absolute Gasteiger partial charge is 0.546 e. The van der Waals surface area contributed by atoms with E-state index in [4.69, 9.17) is 14.2 Å². The molecule has 3 rings (SSSR count). The molecule has 0 saturated carbocycles. The van der Waals surface area contributed by atoms with Crippen LogP contribution in [0.25, 0.3) is 6.08 Å². The number of methoxy groups -OCH3 is 1. The number of allylic oxidation sites excluding steroid dienone is 1. The number of carbonyl (C=O) groups excluding carboxylic acids is 2. The van der Waals surface area contributed by atoms with Gasteiger partial charge < -0.3 is 24.1 Å². The average Bonchev–Trinajstić information content (AvgIpc) is 2.90. The summed E-state index contributed by atoms with van der Waals surface area (Å²) in [5, 5.41) is 10.8. The summed E-state index contributed by atoms with van der Waals surface area (Å²) in [7, 11) is 1.56. The Labute approximate surface area is 144 Å². The van der Waals surface area contributed by atoms with Crippen molar-refractivity contribution in [2.75, 3.05) is 7.11 Å². The third kappa shape index (κ3) is 3.47. The molecule has 1 heterocycles. The van der Waals surface area contributed by atoms with Gasteiger partial charge in [-0.15, -0.1) is 0 Å². The van der Waals surface area contributed by atoms with Crippen molar-refractivity contribution in [3.63, 3.8) is 0 Å². The van der Waals surface area contributed by atoms with Gasteiger partial charge in [-0.25, -0.2) is 0 Å². The minimum absolute atomic E-state index is 0.174. The number of hydrogen-bond donors (Lipinski definition) is 0. The van der Waals surface area contributed by atoms with E-state index in [-0.39, 0.29) is 17.3 Å². The fourth-order valence-electron chi connectivity index (χ4n) is 2.38. The maximum Gasteiger partial charge on any atom is 0.231 e. The molecule has 25 heavy (non-hydrogen) atoms. The van der Waals surface area contributed by atoms with Crippen LogP contribution >= 0.6 is 0 Å². The molecule has 0 spiro atoms. The lowest BCUT2D eigenvalue weighted by Gasteiger charge is -2.15. The molecule has 1 aliphatic rings. The van der Waals surface area contributed by atoms with Crippen molar-refractivity contribution >= 4 is 17.8 Å². The molecule has 128 valence electrons. The van der Waals surface area contributed by atoms with Gasteiger partial charge in [0.1, 0.15) is 23.4 Å². The molecule has 0 N–H and O–H groups in total. The lowest BCUT2D eigenvalue weighted by Crippen LogP contribution is -2.37. The number of hydrogen-bond acceptors (Lipinski definition) is 6. The normalized spacial score (nSPS) is 15.4. The molecule has 0 bridgehead atoms. The van der Waals surface area contributed by atoms with Crippen LogP contribution in [0, 0.1) is 0 Å². The Hall–Kier alpha value is -3.28. The Bertz CT molecular complexity index is 868. The monoisotopic (exact) mass is 339 g/mol. The fourth-order valence-corrected chi connectivity index (χ4v) is 2.38. The van der Waals surface area contributed by atoms with Crippen molar-refractivity contribution in [2.24, 2.45) is 0 Å². The van der Waals surface area contributed by atoms with Crippen LogP contribution in [-0.2, 0) is 4.79 Å². The Morgan fingerprint density at radius 2 is 2.00 bits per heavy atom. The molecule has 6 nitrogen and oxygen atoms in total. The summed E-state index contributed by atoms with van der Waals surface area (Å²) in [6.07, 6.45) is 0.511. The molecule has 0 amide bonds. The minimum atomic E-state index is -1.32. The van der Waals surface area contributed by atoms with Gasteiger partial charge in [0.2, 0.25) is 5.78 Å². The topological polar surface area (TPSA) is 84.9 Å². The van der Waals surface area contributed by atoms with Gasteiger partial charge in [0.15, 0.2) is 5.76 Å². The molecule has 0 unspecified atom stereocenters. The number of ether oxygens (including phenoxy) is 3. The lowest BCUT2D eigenvalue weighted by molar-refractivity contribution is -0.312. The molecule has 0 aromatic heterocycles. The van der Waals surface area contributed by atoms with E-state index in [1.54, 1.807) is 31.4 Å². The van der Waals surface area contributed by atoms with E-state index in [9.17, 15) is 14.7 Å². The maximum absolute atomic E-state index is 12.4. The zero-order chi connectivity index (χ0) is 18.0. The average molecular weight is 339 g/mol. The van der Waals surface area contributed by atoms with Crippen LogP contribution in [0.3, 0.4) is 0 Å². The number of Topliss-reactive ketones (excluding diaryl/α,β-unsaturated/α-hetero) is 1. The van der Waals surface area contributed by atoms with Crippen molar-refractivity contribution in [3.8, 4) is 17.2 Å². The van der Waals surface area contributed by atoms with Crippen molar-refractivity contribution < 1.29 is 28.9 Å². The summed E-state index contributed by atoms with van der Waals surface area (Å²) in [4.78, 5) is 23.2. The van der Waals surface area contributed by atoms with Crippen LogP contribution in [0.1, 0.15) is 22.8 Å². The highest BCUT2D eigenvalue weighted by atomic mass is 16.5. The lowest BCUT2D eigenvalue weighted by atomic mass is 10.1. The second-order valence-corrected chi connectivity index (χ2v) is 5.45. The highest BCUT2D eigenvalue weighted by Gasteiger charge is 2.28. The Kier molecular flexibility index (Phi) is 4.43. The standard InChI is InChI=1S/C19H16O6/c1-11(19(21)22)24-14-6-7-15-16(10-14)25-17(18(15)20)9-12-4-3-5-13(8-12)23-2/h3-11H,1-2H3,(H,21,22)/p-1/t11-/m1/s1. The van der Waals surface area contributed by atoms with Crippen molar-refractivity contribution in [1.82, 2.24) is 0 Å². The zero-order valence-electron chi connectivity index (χ0n) is 13.6. The second kappa shape index (κ2) is 6.68. The smallest absolute Gasteiger partial charge is 0.231 e. The minimum Gasteiger partial charge on any atom is -0.546 e. The van der Waals surface area contributed by atoms with Crippen molar-refractivity contribution in [1.29, 1.82) is 0 Å². The van der Waals surface area contributed by atoms with Crippen molar-refractivity contribution in [3.05, 3.63) is 59.4 Å². The SMILES string of the molecule is COc1cccc(C=C2Oc3cc(O[C@H](C)C(=O)[O-])ccc3C2=O)c1. The first-order valence-electron chi connectivity index (χ1n) is 7.58. The Morgan fingerprint density at radius 3 is 2.72 bits per heavy atom. The van der Waals surface area contributed by atoms with E-state index in [1.165, 1.54) is 19.1 Å². The fraction of sp³-hybridized carbons (Fsp3) is 0.158. The molecule has 1 atom stereocenters. The first-order valence-corrected chi connectivity index (χ1v) is 7.58. The Balaban J connectivity index is 1.85. The van der Waals surface area contributed by atoms with E-state index < -0.39 is 12.1 Å². The first-order chi connectivity index (χ1) is 12.0. The number of carbonyl (C=O) groups is 2. The molecular weight excluding hydrogens is 324 g/mol. The van der Waals surface area contributed by atoms with Crippen LogP contribution < -0.4 is 19.3 Å². The molecule has 2 aromatic rings. The summed E-state index contributed by atoms with van der Waals surface area (Å²) in [5.74, 6) is -0.126. The van der Waals surface area contributed by atoms with Crippen LogP contribution in [0.4, 0.5) is 0 Å². The van der Waals surface area contributed by atoms with Gasteiger partial charge in [0.25, 0.3) is 0 Å². The Morgan fingerprint density at radius 1 is 1.20 bits per heavy atom. The number of fused-ring (bicyclic) bond motifs is 1. The number of carboxylic acids is 1. The number of carboxylic acid groups (broad SMARTS) is 1. The molecule has 0 aliphatic carbocycles. The van der Waals surface area contributed by atoms with Crippen molar-refractivity contribution in [2.45, 2.75) is 13.0 Å². The summed E-state index contributed by atoms with van der Waals surface area (Å²) in [6, 6.07) is 11.8. The van der Waals surface area contributed by atoms with Gasteiger partial charge >= 0.3 is 0 Å². The van der Waals surface area contributed by atoms with E-state index in [0.717, 1.165) is 5.56 Å². The molecule has 0 saturated heterocycles. The summed E-state index contributed by atoms with van der Waals surface area (Å²) in [5.41, 5.74) is 1.15. The van der Waals surface area contributed by atoms with Crippen LogP contribution in [0.15, 0.2) is 48.2 Å². The van der Waals surface area contributed by atoms with Crippen LogP contribution in [-0.4, -0.2) is 25.0 Å². The highest BCUT2D eigenvalue weighted by molar-refractivity contribution is 6.14. The third-order valence-corrected chi connectivity index (χ3v) is 3.68. The van der Waals surface area contributed by atoms with E-state index >= 15 is 0 Å². The van der Waals surface area contributed by atoms with E-state index in [0.29, 0.717) is 17.1 Å². The summed E-state index contributed by atoms with van der Waals surface area (Å²) < 4.78 is 16.0. The molecular formula is C19H15O6-. The van der Waals surface area contributed by atoms with Gasteiger partial charge in [-0.3, -0.25) is 4.79 Å². The maximum atomic E-state index is 12.4. The van der Waals surface area contributed by atoms with Gasteiger partial charge in [-0.05, 0) is 42.8 Å². The van der Waals surface area contributed by atoms with Gasteiger partial charge in [-0.1, -0.05) is 12.1 Å². The summed E-state index contributed by atoms with van der Waals surface area (Å²) in [6.45, 7) is 1.36. The number of aliphatic carboxylic acids is 1. The molecule has 0 radical (unpaired) electrons. The molecule has 1 aliphatic heterocycles.